The quantitative estimate of drug-likeness (QED) is 0.517. The van der Waals surface area contributed by atoms with E-state index in [4.69, 9.17) is 9.15 Å². The Labute approximate surface area is 130 Å². The molecule has 21 heavy (non-hydrogen) atoms. The van der Waals surface area contributed by atoms with Gasteiger partial charge in [0.15, 0.2) is 0 Å². The number of hydrogen-bond donors (Lipinski definition) is 0. The van der Waals surface area contributed by atoms with Crippen LogP contribution in [0.25, 0.3) is 21.7 Å². The predicted molar refractivity (Wildman–Crippen MR) is 88.3 cm³/mol. The first kappa shape index (κ1) is 13.9. The smallest absolute Gasteiger partial charge is 0.336 e. The summed E-state index contributed by atoms with van der Waals surface area (Å²) in [7, 11) is 0. The first-order valence-corrected chi connectivity index (χ1v) is 7.27. The van der Waals surface area contributed by atoms with E-state index in [0.717, 1.165) is 32.0 Å². The number of aryl methyl sites for hydroxylation is 1. The minimum atomic E-state index is -0.331. The summed E-state index contributed by atoms with van der Waals surface area (Å²) in [5, 5.41) is 3.02. The maximum absolute atomic E-state index is 11.5. The van der Waals surface area contributed by atoms with E-state index in [1.807, 2.05) is 37.3 Å². The van der Waals surface area contributed by atoms with E-state index in [2.05, 4.69) is 22.5 Å². The minimum absolute atomic E-state index is 0.331. The Balaban J connectivity index is 2.24. The van der Waals surface area contributed by atoms with E-state index in [9.17, 15) is 4.79 Å². The fourth-order valence-corrected chi connectivity index (χ4v) is 2.52. The molecule has 3 rings (SSSR count). The number of fused-ring (bicyclic) bond motifs is 3. The lowest BCUT2D eigenvalue weighted by Crippen LogP contribution is -1.99. The molecule has 2 aromatic carbocycles. The van der Waals surface area contributed by atoms with E-state index < -0.39 is 0 Å². The number of benzene rings is 2. The molecule has 0 bridgehead atoms. The summed E-state index contributed by atoms with van der Waals surface area (Å²) in [6, 6.07) is 11.1. The Bertz CT molecular complexity index is 909. The number of rotatable bonds is 3. The molecule has 0 aliphatic carbocycles. The zero-order valence-electron chi connectivity index (χ0n) is 11.5. The van der Waals surface area contributed by atoms with Crippen molar-refractivity contribution in [3.8, 4) is 5.75 Å². The highest BCUT2D eigenvalue weighted by Gasteiger charge is 2.08. The Morgan fingerprint density at radius 2 is 2.05 bits per heavy atom. The van der Waals surface area contributed by atoms with E-state index in [1.165, 1.54) is 6.07 Å². The number of hydrogen-bond acceptors (Lipinski definition) is 3. The molecule has 0 unspecified atom stereocenters. The molecule has 3 aromatic rings. The van der Waals surface area contributed by atoms with E-state index in [0.29, 0.717) is 12.2 Å². The SMILES string of the molecule is C=C(Br)COc1ccc2ccc3oc(=O)cc(C)c3c2c1. The average Bonchev–Trinajstić information content (AvgIpc) is 2.43. The molecule has 0 atom stereocenters. The van der Waals surface area contributed by atoms with Crippen LogP contribution in [0.1, 0.15) is 5.56 Å². The molecule has 0 radical (unpaired) electrons. The molecule has 0 saturated carbocycles. The molecule has 0 spiro atoms. The van der Waals surface area contributed by atoms with Gasteiger partial charge in [-0.05, 0) is 41.5 Å². The van der Waals surface area contributed by atoms with Crippen LogP contribution in [0.4, 0.5) is 0 Å². The topological polar surface area (TPSA) is 39.4 Å². The van der Waals surface area contributed by atoms with Crippen molar-refractivity contribution in [2.24, 2.45) is 0 Å². The van der Waals surface area contributed by atoms with Gasteiger partial charge in [-0.15, -0.1) is 0 Å². The van der Waals surface area contributed by atoms with Gasteiger partial charge < -0.3 is 9.15 Å². The van der Waals surface area contributed by atoms with Crippen molar-refractivity contribution in [1.29, 1.82) is 0 Å². The molecular weight excluding hydrogens is 332 g/mol. The zero-order chi connectivity index (χ0) is 15.0. The van der Waals surface area contributed by atoms with Gasteiger partial charge >= 0.3 is 5.63 Å². The second kappa shape index (κ2) is 5.37. The molecule has 0 amide bonds. The molecule has 0 aliphatic rings. The monoisotopic (exact) mass is 344 g/mol. The van der Waals surface area contributed by atoms with Gasteiger partial charge in [0.05, 0.1) is 0 Å². The normalized spacial score (nSPS) is 11.0. The molecule has 0 fully saturated rings. The lowest BCUT2D eigenvalue weighted by Gasteiger charge is -2.09. The van der Waals surface area contributed by atoms with Gasteiger partial charge in [0.25, 0.3) is 0 Å². The third-order valence-electron chi connectivity index (χ3n) is 3.29. The van der Waals surface area contributed by atoms with Gasteiger partial charge in [0.1, 0.15) is 17.9 Å². The van der Waals surface area contributed by atoms with Crippen LogP contribution in [-0.4, -0.2) is 6.61 Å². The summed E-state index contributed by atoms with van der Waals surface area (Å²) in [6.07, 6.45) is 0. The summed E-state index contributed by atoms with van der Waals surface area (Å²) >= 11 is 3.27. The molecule has 0 N–H and O–H groups in total. The summed E-state index contributed by atoms with van der Waals surface area (Å²) in [4.78, 5) is 11.5. The second-order valence-electron chi connectivity index (χ2n) is 4.88. The molecule has 4 heteroatoms. The van der Waals surface area contributed by atoms with Crippen molar-refractivity contribution < 1.29 is 9.15 Å². The van der Waals surface area contributed by atoms with Crippen LogP contribution in [0, 0.1) is 6.92 Å². The van der Waals surface area contributed by atoms with Crippen LogP contribution in [-0.2, 0) is 0 Å². The van der Waals surface area contributed by atoms with Gasteiger partial charge in [-0.3, -0.25) is 0 Å². The van der Waals surface area contributed by atoms with Gasteiger partial charge in [-0.1, -0.05) is 34.6 Å². The van der Waals surface area contributed by atoms with Crippen LogP contribution in [0.15, 0.2) is 56.7 Å². The van der Waals surface area contributed by atoms with Crippen molar-refractivity contribution in [3.63, 3.8) is 0 Å². The van der Waals surface area contributed by atoms with Crippen molar-refractivity contribution in [3.05, 3.63) is 63.4 Å². The highest BCUT2D eigenvalue weighted by Crippen LogP contribution is 2.30. The first-order chi connectivity index (χ1) is 10.0. The number of halogens is 1. The Hall–Kier alpha value is -2.07. The highest BCUT2D eigenvalue weighted by molar-refractivity contribution is 9.11. The first-order valence-electron chi connectivity index (χ1n) is 6.48. The fraction of sp³-hybridized carbons (Fsp3) is 0.118. The second-order valence-corrected chi connectivity index (χ2v) is 6.00. The lowest BCUT2D eigenvalue weighted by atomic mass is 10.0. The fourth-order valence-electron chi connectivity index (χ4n) is 2.41. The minimum Gasteiger partial charge on any atom is -0.488 e. The summed E-state index contributed by atoms with van der Waals surface area (Å²) < 4.78 is 11.7. The lowest BCUT2D eigenvalue weighted by molar-refractivity contribution is 0.361. The molecular formula is C17H13BrO3. The van der Waals surface area contributed by atoms with Crippen molar-refractivity contribution in [1.82, 2.24) is 0 Å². The van der Waals surface area contributed by atoms with Gasteiger partial charge in [-0.2, -0.15) is 0 Å². The highest BCUT2D eigenvalue weighted by atomic mass is 79.9. The zero-order valence-corrected chi connectivity index (χ0v) is 13.1. The number of ether oxygens (including phenoxy) is 1. The van der Waals surface area contributed by atoms with Crippen LogP contribution in [0.3, 0.4) is 0 Å². The molecule has 0 aliphatic heterocycles. The van der Waals surface area contributed by atoms with Crippen LogP contribution >= 0.6 is 15.9 Å². The summed E-state index contributed by atoms with van der Waals surface area (Å²) in [5.41, 5.74) is 1.16. The predicted octanol–water partition coefficient (Wildman–Crippen LogP) is 4.54. The summed E-state index contributed by atoms with van der Waals surface area (Å²) in [5.74, 6) is 0.751. The Kier molecular flexibility index (Phi) is 3.55. The van der Waals surface area contributed by atoms with Crippen LogP contribution in [0.5, 0.6) is 5.75 Å². The molecule has 3 nitrogen and oxygen atoms in total. The van der Waals surface area contributed by atoms with E-state index in [-0.39, 0.29) is 5.63 Å². The van der Waals surface area contributed by atoms with Gasteiger partial charge in [0.2, 0.25) is 0 Å². The van der Waals surface area contributed by atoms with Crippen molar-refractivity contribution in [2.75, 3.05) is 6.61 Å². The van der Waals surface area contributed by atoms with Crippen molar-refractivity contribution in [2.45, 2.75) is 6.92 Å². The van der Waals surface area contributed by atoms with Gasteiger partial charge in [-0.25, -0.2) is 4.79 Å². The van der Waals surface area contributed by atoms with E-state index >= 15 is 0 Å². The standard InChI is InChI=1S/C17H13BrO3/c1-10-7-16(19)21-15-6-4-12-3-5-13(20-9-11(2)18)8-14(12)17(10)15/h3-8H,2,9H2,1H3. The Morgan fingerprint density at radius 1 is 1.29 bits per heavy atom. The maximum Gasteiger partial charge on any atom is 0.336 e. The molecule has 1 heterocycles. The largest absolute Gasteiger partial charge is 0.488 e. The van der Waals surface area contributed by atoms with Crippen molar-refractivity contribution >= 4 is 37.7 Å². The average molecular weight is 345 g/mol. The Morgan fingerprint density at radius 3 is 2.81 bits per heavy atom. The van der Waals surface area contributed by atoms with Crippen LogP contribution < -0.4 is 10.4 Å². The molecule has 1 aromatic heterocycles. The molecule has 106 valence electrons. The third-order valence-corrected chi connectivity index (χ3v) is 3.52. The van der Waals surface area contributed by atoms with Crippen LogP contribution in [0.2, 0.25) is 0 Å². The maximum atomic E-state index is 11.5. The van der Waals surface area contributed by atoms with Gasteiger partial charge in [0, 0.05) is 15.9 Å². The van der Waals surface area contributed by atoms with E-state index in [1.54, 1.807) is 0 Å². The molecule has 0 saturated heterocycles. The summed E-state index contributed by atoms with van der Waals surface area (Å²) in [6.45, 7) is 6.06. The third kappa shape index (κ3) is 2.72.